The van der Waals surface area contributed by atoms with E-state index in [1.165, 1.54) is 48.5 Å². The van der Waals surface area contributed by atoms with Crippen molar-refractivity contribution in [2.24, 2.45) is 0 Å². The zero-order valence-electron chi connectivity index (χ0n) is 15.6. The quantitative estimate of drug-likeness (QED) is 0.256. The number of ether oxygens (including phenoxy) is 2. The van der Waals surface area contributed by atoms with Gasteiger partial charge in [0, 0.05) is 12.1 Å². The highest BCUT2D eigenvalue weighted by Gasteiger charge is 2.11. The maximum atomic E-state index is 13.0. The minimum atomic E-state index is -0.559. The molecule has 0 aliphatic heterocycles. The Bertz CT molecular complexity index is 1270. The average Bonchev–Trinajstić information content (AvgIpc) is 2.76. The Kier molecular flexibility index (Phi) is 5.39. The van der Waals surface area contributed by atoms with E-state index in [-0.39, 0.29) is 22.5 Å². The first kappa shape index (κ1) is 19.1. The van der Waals surface area contributed by atoms with Crippen molar-refractivity contribution in [1.82, 2.24) is 0 Å². The van der Waals surface area contributed by atoms with Gasteiger partial charge in [0.05, 0.1) is 5.39 Å². The number of esters is 1. The van der Waals surface area contributed by atoms with Gasteiger partial charge >= 0.3 is 5.97 Å². The predicted octanol–water partition coefficient (Wildman–Crippen LogP) is 5.34. The van der Waals surface area contributed by atoms with Crippen molar-refractivity contribution in [3.8, 4) is 17.2 Å². The lowest BCUT2D eigenvalue weighted by atomic mass is 10.2. The third-order valence-electron chi connectivity index (χ3n) is 4.19. The Morgan fingerprint density at radius 2 is 1.67 bits per heavy atom. The van der Waals surface area contributed by atoms with Crippen molar-refractivity contribution in [3.63, 3.8) is 0 Å². The number of halogens is 1. The number of hydrogen-bond donors (Lipinski definition) is 0. The number of carbonyl (C=O) groups excluding carboxylic acids is 1. The highest BCUT2D eigenvalue weighted by Crippen LogP contribution is 2.24. The molecule has 4 aromatic rings. The van der Waals surface area contributed by atoms with Gasteiger partial charge in [0.1, 0.15) is 29.2 Å². The predicted molar refractivity (Wildman–Crippen MR) is 110 cm³/mol. The van der Waals surface area contributed by atoms with Crippen LogP contribution in [0.25, 0.3) is 17.0 Å². The number of fused-ring (bicyclic) bond motifs is 1. The highest BCUT2D eigenvalue weighted by atomic mass is 19.1. The van der Waals surface area contributed by atoms with Crippen LogP contribution in [0.4, 0.5) is 4.39 Å². The normalized spacial score (nSPS) is 11.0. The molecule has 3 aromatic carbocycles. The van der Waals surface area contributed by atoms with Crippen LogP contribution in [0.1, 0.15) is 5.56 Å². The van der Waals surface area contributed by atoms with Crippen molar-refractivity contribution in [3.05, 3.63) is 107 Å². The fourth-order valence-corrected chi connectivity index (χ4v) is 2.73. The van der Waals surface area contributed by atoms with Crippen molar-refractivity contribution in [1.29, 1.82) is 0 Å². The van der Waals surface area contributed by atoms with E-state index in [0.29, 0.717) is 5.75 Å². The summed E-state index contributed by atoms with van der Waals surface area (Å²) in [5.41, 5.74) is 0.707. The van der Waals surface area contributed by atoms with Gasteiger partial charge in [-0.25, -0.2) is 9.18 Å². The van der Waals surface area contributed by atoms with E-state index in [1.807, 2.05) is 30.3 Å². The number of hydrogen-bond acceptors (Lipinski definition) is 5. The van der Waals surface area contributed by atoms with Crippen LogP contribution in [0.3, 0.4) is 0 Å². The maximum Gasteiger partial charge on any atom is 0.336 e. The molecule has 148 valence electrons. The molecular weight excluding hydrogens is 387 g/mol. The second-order valence-electron chi connectivity index (χ2n) is 6.31. The van der Waals surface area contributed by atoms with Gasteiger partial charge in [-0.3, -0.25) is 4.79 Å². The van der Waals surface area contributed by atoms with Crippen molar-refractivity contribution in [2.45, 2.75) is 0 Å². The monoisotopic (exact) mass is 402 g/mol. The Balaban J connectivity index is 1.52. The van der Waals surface area contributed by atoms with Gasteiger partial charge in [0.25, 0.3) is 0 Å². The molecule has 0 aliphatic carbocycles. The standard InChI is InChI=1S/C24H15FO5/c25-17-7-9-18(10-8-17)29-22-15-28-21-14-19(11-12-20(21)24(22)27)30-23(26)13-6-16-4-2-1-3-5-16/h1-15H/b13-6+. The smallest absolute Gasteiger partial charge is 0.336 e. The first-order valence-electron chi connectivity index (χ1n) is 9.02. The largest absolute Gasteiger partial charge is 0.460 e. The number of benzene rings is 3. The third-order valence-corrected chi connectivity index (χ3v) is 4.19. The number of rotatable bonds is 5. The lowest BCUT2D eigenvalue weighted by molar-refractivity contribution is -0.128. The maximum absolute atomic E-state index is 13.0. The lowest BCUT2D eigenvalue weighted by Crippen LogP contribution is -2.06. The topological polar surface area (TPSA) is 65.7 Å². The fraction of sp³-hybridized carbons (Fsp3) is 0. The second-order valence-corrected chi connectivity index (χ2v) is 6.31. The van der Waals surface area contributed by atoms with E-state index in [4.69, 9.17) is 13.9 Å². The summed E-state index contributed by atoms with van der Waals surface area (Å²) in [5.74, 6) is -0.464. The molecular formula is C24H15FO5. The zero-order chi connectivity index (χ0) is 20.9. The summed E-state index contributed by atoms with van der Waals surface area (Å²) in [4.78, 5) is 24.6. The molecule has 0 fully saturated rings. The van der Waals surface area contributed by atoms with E-state index in [9.17, 15) is 14.0 Å². The van der Waals surface area contributed by atoms with Crippen LogP contribution in [0.2, 0.25) is 0 Å². The van der Waals surface area contributed by atoms with Gasteiger partial charge in [0.2, 0.25) is 11.2 Å². The van der Waals surface area contributed by atoms with E-state index < -0.39 is 17.2 Å². The van der Waals surface area contributed by atoms with Crippen LogP contribution in [0.15, 0.2) is 94.3 Å². The molecule has 1 heterocycles. The summed E-state index contributed by atoms with van der Waals surface area (Å²) in [6.07, 6.45) is 4.12. The van der Waals surface area contributed by atoms with Gasteiger partial charge in [-0.05, 0) is 48.0 Å². The van der Waals surface area contributed by atoms with Crippen molar-refractivity contribution >= 4 is 23.0 Å². The Hall–Kier alpha value is -4.19. The van der Waals surface area contributed by atoms with Gasteiger partial charge in [-0.1, -0.05) is 30.3 Å². The summed E-state index contributed by atoms with van der Waals surface area (Å²) in [6.45, 7) is 0. The Labute approximate surface area is 170 Å². The Morgan fingerprint density at radius 3 is 2.43 bits per heavy atom. The van der Waals surface area contributed by atoms with Crippen molar-refractivity contribution in [2.75, 3.05) is 0 Å². The summed E-state index contributed by atoms with van der Waals surface area (Å²) >= 11 is 0. The van der Waals surface area contributed by atoms with Crippen LogP contribution in [0.5, 0.6) is 17.2 Å². The minimum absolute atomic E-state index is 0.0374. The molecule has 0 spiro atoms. The molecule has 0 saturated heterocycles. The van der Waals surface area contributed by atoms with E-state index in [2.05, 4.69) is 0 Å². The molecule has 0 atom stereocenters. The van der Waals surface area contributed by atoms with Crippen LogP contribution in [-0.2, 0) is 4.79 Å². The molecule has 0 saturated carbocycles. The zero-order valence-corrected chi connectivity index (χ0v) is 15.6. The van der Waals surface area contributed by atoms with Gasteiger partial charge < -0.3 is 13.9 Å². The second kappa shape index (κ2) is 8.45. The van der Waals surface area contributed by atoms with Gasteiger partial charge in [0.15, 0.2) is 0 Å². The molecule has 0 bridgehead atoms. The molecule has 1 aromatic heterocycles. The van der Waals surface area contributed by atoms with Crippen LogP contribution < -0.4 is 14.9 Å². The third kappa shape index (κ3) is 4.44. The molecule has 0 amide bonds. The van der Waals surface area contributed by atoms with E-state index >= 15 is 0 Å². The molecule has 0 unspecified atom stereocenters. The van der Waals surface area contributed by atoms with Crippen LogP contribution in [0, 0.1) is 5.82 Å². The molecule has 4 rings (SSSR count). The SMILES string of the molecule is O=C(/C=C/c1ccccc1)Oc1ccc2c(=O)c(Oc3ccc(F)cc3)coc2c1. The minimum Gasteiger partial charge on any atom is -0.460 e. The molecule has 0 aliphatic rings. The molecule has 0 radical (unpaired) electrons. The van der Waals surface area contributed by atoms with E-state index in [0.717, 1.165) is 11.8 Å². The van der Waals surface area contributed by atoms with Gasteiger partial charge in [-0.15, -0.1) is 0 Å². The lowest BCUT2D eigenvalue weighted by Gasteiger charge is -2.06. The first-order valence-corrected chi connectivity index (χ1v) is 9.02. The molecule has 6 heteroatoms. The number of carbonyl (C=O) groups is 1. The summed E-state index contributed by atoms with van der Waals surface area (Å²) in [5, 5.41) is 0.259. The Morgan fingerprint density at radius 1 is 0.933 bits per heavy atom. The van der Waals surface area contributed by atoms with Crippen LogP contribution in [-0.4, -0.2) is 5.97 Å². The molecule has 5 nitrogen and oxygen atoms in total. The molecule has 30 heavy (non-hydrogen) atoms. The van der Waals surface area contributed by atoms with E-state index in [1.54, 1.807) is 6.08 Å². The highest BCUT2D eigenvalue weighted by molar-refractivity contribution is 5.89. The fourth-order valence-electron chi connectivity index (χ4n) is 2.73. The van der Waals surface area contributed by atoms with Crippen molar-refractivity contribution < 1.29 is 23.1 Å². The summed E-state index contributed by atoms with van der Waals surface area (Å²) in [7, 11) is 0. The van der Waals surface area contributed by atoms with Crippen LogP contribution >= 0.6 is 0 Å². The average molecular weight is 402 g/mol. The first-order chi connectivity index (χ1) is 14.6. The van der Waals surface area contributed by atoms with Gasteiger partial charge in [-0.2, -0.15) is 0 Å². The summed E-state index contributed by atoms with van der Waals surface area (Å²) < 4.78 is 29.2. The molecule has 0 N–H and O–H groups in total. The summed E-state index contributed by atoms with van der Waals surface area (Å²) in [6, 6.07) is 19.0.